The normalized spacial score (nSPS) is 17.0. The van der Waals surface area contributed by atoms with Crippen molar-refractivity contribution in [3.05, 3.63) is 72.2 Å². The van der Waals surface area contributed by atoms with Crippen LogP contribution in [0.3, 0.4) is 0 Å². The van der Waals surface area contributed by atoms with Gasteiger partial charge in [0.1, 0.15) is 0 Å². The Morgan fingerprint density at radius 3 is 2.83 bits per heavy atom. The predicted octanol–water partition coefficient (Wildman–Crippen LogP) is 3.09. The number of hydrogen-bond acceptors (Lipinski definition) is 4. The molecular weight excluding hydrogens is 364 g/mol. The number of aromatic nitrogens is 5. The molecule has 2 aromatic heterocycles. The number of tetrazole rings is 1. The third-order valence-electron chi connectivity index (χ3n) is 5.65. The number of aromatic amines is 1. The Balaban J connectivity index is 1.34. The quantitative estimate of drug-likeness (QED) is 0.584. The average molecular weight is 386 g/mol. The van der Waals surface area contributed by atoms with E-state index in [1.807, 2.05) is 59.6 Å². The van der Waals surface area contributed by atoms with Gasteiger partial charge in [0.15, 0.2) is 5.82 Å². The van der Waals surface area contributed by atoms with Gasteiger partial charge in [0.25, 0.3) is 0 Å². The van der Waals surface area contributed by atoms with Crippen molar-refractivity contribution in [3.8, 4) is 5.69 Å². The Morgan fingerprint density at radius 1 is 1.10 bits per heavy atom. The van der Waals surface area contributed by atoms with Crippen molar-refractivity contribution in [3.63, 3.8) is 0 Å². The van der Waals surface area contributed by atoms with Gasteiger partial charge in [-0.15, -0.1) is 5.10 Å². The second-order valence-corrected chi connectivity index (χ2v) is 7.50. The zero-order chi connectivity index (χ0) is 19.6. The van der Waals surface area contributed by atoms with Gasteiger partial charge in [-0.25, -0.2) is 0 Å². The number of likely N-dealkylation sites (tertiary alicyclic amines) is 1. The highest BCUT2D eigenvalue weighted by Gasteiger charge is 2.29. The summed E-state index contributed by atoms with van der Waals surface area (Å²) in [6.07, 6.45) is 4.27. The van der Waals surface area contributed by atoms with E-state index < -0.39 is 0 Å². The van der Waals surface area contributed by atoms with Gasteiger partial charge in [0, 0.05) is 36.1 Å². The topological polar surface area (TPSA) is 79.7 Å². The summed E-state index contributed by atoms with van der Waals surface area (Å²) in [6, 6.07) is 18.0. The maximum Gasteiger partial charge on any atom is 0.227 e. The number of H-pyrrole nitrogens is 1. The molecule has 1 atom stereocenters. The molecule has 29 heavy (non-hydrogen) atoms. The highest BCUT2D eigenvalue weighted by molar-refractivity contribution is 5.88. The van der Waals surface area contributed by atoms with Crippen molar-refractivity contribution in [2.45, 2.75) is 25.2 Å². The van der Waals surface area contributed by atoms with E-state index in [1.165, 1.54) is 0 Å². The maximum absolute atomic E-state index is 13.0. The summed E-state index contributed by atoms with van der Waals surface area (Å²) in [7, 11) is 0. The molecule has 1 N–H and O–H groups in total. The molecule has 1 saturated heterocycles. The molecule has 3 heterocycles. The standard InChI is InChI=1S/C22H22N6O/c29-21(13-17-14-23-20-11-5-4-10-19(17)20)27-12-6-7-16(15-27)22-24-25-26-28(22)18-8-2-1-3-9-18/h1-5,8-11,14,16,23H,6-7,12-13,15H2. The fourth-order valence-electron chi connectivity index (χ4n) is 4.17. The first-order chi connectivity index (χ1) is 14.3. The van der Waals surface area contributed by atoms with Crippen LogP contribution in [0.25, 0.3) is 16.6 Å². The molecule has 1 amide bonds. The van der Waals surface area contributed by atoms with Crippen LogP contribution in [0.15, 0.2) is 60.8 Å². The van der Waals surface area contributed by atoms with Gasteiger partial charge < -0.3 is 9.88 Å². The Labute approximate surface area is 168 Å². The van der Waals surface area contributed by atoms with Crippen molar-refractivity contribution in [2.24, 2.45) is 0 Å². The van der Waals surface area contributed by atoms with E-state index in [9.17, 15) is 4.79 Å². The zero-order valence-electron chi connectivity index (χ0n) is 16.0. The number of rotatable bonds is 4. The van der Waals surface area contributed by atoms with Gasteiger partial charge in [-0.05, 0) is 47.0 Å². The molecule has 2 aromatic carbocycles. The van der Waals surface area contributed by atoms with Crippen LogP contribution in [-0.4, -0.2) is 49.1 Å². The molecule has 146 valence electrons. The third kappa shape index (κ3) is 3.40. The molecule has 1 aliphatic rings. The van der Waals surface area contributed by atoms with Gasteiger partial charge in [0.2, 0.25) is 5.91 Å². The molecule has 1 fully saturated rings. The van der Waals surface area contributed by atoms with Gasteiger partial charge >= 0.3 is 0 Å². The van der Waals surface area contributed by atoms with Crippen LogP contribution in [0.5, 0.6) is 0 Å². The van der Waals surface area contributed by atoms with Crippen LogP contribution in [-0.2, 0) is 11.2 Å². The number of fused-ring (bicyclic) bond motifs is 1. The number of carbonyl (C=O) groups excluding carboxylic acids is 1. The summed E-state index contributed by atoms with van der Waals surface area (Å²) < 4.78 is 1.79. The van der Waals surface area contributed by atoms with E-state index >= 15 is 0 Å². The molecule has 0 saturated carbocycles. The Morgan fingerprint density at radius 2 is 1.93 bits per heavy atom. The molecule has 0 spiro atoms. The van der Waals surface area contributed by atoms with Gasteiger partial charge in [-0.2, -0.15) is 4.68 Å². The number of hydrogen-bond donors (Lipinski definition) is 1. The van der Waals surface area contributed by atoms with Crippen LogP contribution in [0.1, 0.15) is 30.1 Å². The van der Waals surface area contributed by atoms with Crippen LogP contribution in [0.2, 0.25) is 0 Å². The number of benzene rings is 2. The minimum Gasteiger partial charge on any atom is -0.361 e. The fraction of sp³-hybridized carbons (Fsp3) is 0.273. The summed E-state index contributed by atoms with van der Waals surface area (Å²) in [5, 5.41) is 13.5. The minimum absolute atomic E-state index is 0.130. The molecule has 4 aromatic rings. The average Bonchev–Trinajstić information content (AvgIpc) is 3.42. The van der Waals surface area contributed by atoms with E-state index in [-0.39, 0.29) is 11.8 Å². The first-order valence-electron chi connectivity index (χ1n) is 9.96. The molecule has 5 rings (SSSR count). The summed E-state index contributed by atoms with van der Waals surface area (Å²) >= 11 is 0. The van der Waals surface area contributed by atoms with Crippen molar-refractivity contribution in [1.29, 1.82) is 0 Å². The number of nitrogens with one attached hydrogen (secondary N) is 1. The van der Waals surface area contributed by atoms with Crippen molar-refractivity contribution in [2.75, 3.05) is 13.1 Å². The summed E-state index contributed by atoms with van der Waals surface area (Å²) in [6.45, 7) is 1.43. The lowest BCUT2D eigenvalue weighted by molar-refractivity contribution is -0.131. The molecule has 0 aliphatic carbocycles. The second-order valence-electron chi connectivity index (χ2n) is 7.50. The van der Waals surface area contributed by atoms with Gasteiger partial charge in [-0.3, -0.25) is 4.79 Å². The lowest BCUT2D eigenvalue weighted by Crippen LogP contribution is -2.40. The van der Waals surface area contributed by atoms with Gasteiger partial charge in [-0.1, -0.05) is 36.4 Å². The molecular formula is C22H22N6O. The Hall–Kier alpha value is -3.48. The number of para-hydroxylation sites is 2. The monoisotopic (exact) mass is 386 g/mol. The van der Waals surface area contributed by atoms with Gasteiger partial charge in [0.05, 0.1) is 12.1 Å². The van der Waals surface area contributed by atoms with Crippen LogP contribution in [0, 0.1) is 0 Å². The van der Waals surface area contributed by atoms with E-state index in [2.05, 4.69) is 26.6 Å². The molecule has 0 bridgehead atoms. The first kappa shape index (κ1) is 17.6. The van der Waals surface area contributed by atoms with E-state index in [0.29, 0.717) is 13.0 Å². The van der Waals surface area contributed by atoms with Crippen LogP contribution < -0.4 is 0 Å². The molecule has 7 nitrogen and oxygen atoms in total. The summed E-state index contributed by atoms with van der Waals surface area (Å²) in [5.41, 5.74) is 3.05. The lowest BCUT2D eigenvalue weighted by atomic mass is 9.96. The SMILES string of the molecule is O=C(Cc1c[nH]c2ccccc12)N1CCCC(c2nnnn2-c2ccccc2)C1. The molecule has 7 heteroatoms. The summed E-state index contributed by atoms with van der Waals surface area (Å²) in [4.78, 5) is 18.2. The molecule has 1 unspecified atom stereocenters. The summed E-state index contributed by atoms with van der Waals surface area (Å²) in [5.74, 6) is 1.10. The predicted molar refractivity (Wildman–Crippen MR) is 110 cm³/mol. The maximum atomic E-state index is 13.0. The van der Waals surface area contributed by atoms with Crippen molar-refractivity contribution < 1.29 is 4.79 Å². The second kappa shape index (κ2) is 7.50. The van der Waals surface area contributed by atoms with E-state index in [1.54, 1.807) is 4.68 Å². The highest BCUT2D eigenvalue weighted by atomic mass is 16.2. The number of carbonyl (C=O) groups is 1. The molecule has 1 aliphatic heterocycles. The van der Waals surface area contributed by atoms with Crippen molar-refractivity contribution >= 4 is 16.8 Å². The number of piperidine rings is 1. The van der Waals surface area contributed by atoms with E-state index in [4.69, 9.17) is 0 Å². The minimum atomic E-state index is 0.130. The fourth-order valence-corrected chi connectivity index (χ4v) is 4.17. The van der Waals surface area contributed by atoms with E-state index in [0.717, 1.165) is 47.4 Å². The highest BCUT2D eigenvalue weighted by Crippen LogP contribution is 2.27. The smallest absolute Gasteiger partial charge is 0.227 e. The van der Waals surface area contributed by atoms with Crippen LogP contribution in [0.4, 0.5) is 0 Å². The lowest BCUT2D eigenvalue weighted by Gasteiger charge is -2.32. The molecule has 0 radical (unpaired) electrons. The van der Waals surface area contributed by atoms with Crippen LogP contribution >= 0.6 is 0 Å². The largest absolute Gasteiger partial charge is 0.361 e. The third-order valence-corrected chi connectivity index (χ3v) is 5.65. The Bertz CT molecular complexity index is 1130. The Kier molecular flexibility index (Phi) is 4.56. The number of amides is 1. The first-order valence-corrected chi connectivity index (χ1v) is 9.96. The zero-order valence-corrected chi connectivity index (χ0v) is 16.0. The van der Waals surface area contributed by atoms with Crippen molar-refractivity contribution in [1.82, 2.24) is 30.1 Å². The number of nitrogens with zero attached hydrogens (tertiary/aromatic N) is 5.